The van der Waals surface area contributed by atoms with Crippen LogP contribution in [0.15, 0.2) is 64.1 Å². The molecule has 0 unspecified atom stereocenters. The number of nitro benzene ring substituents is 1. The Hall–Kier alpha value is -3.37. The first-order chi connectivity index (χ1) is 13.2. The Labute approximate surface area is 160 Å². The highest BCUT2D eigenvalue weighted by molar-refractivity contribution is 7.89. The summed E-state index contributed by atoms with van der Waals surface area (Å²) in [5.41, 5.74) is 0.200. The molecule has 0 aromatic heterocycles. The normalized spacial score (nSPS) is 15.6. The van der Waals surface area contributed by atoms with Gasteiger partial charge in [0, 0.05) is 25.7 Å². The molecule has 0 N–H and O–H groups in total. The summed E-state index contributed by atoms with van der Waals surface area (Å²) in [4.78, 5) is 26.8. The summed E-state index contributed by atoms with van der Waals surface area (Å²) in [6.45, 7) is 0. The third-order valence-electron chi connectivity index (χ3n) is 3.91. The van der Waals surface area contributed by atoms with E-state index in [1.807, 2.05) is 0 Å². The molecule has 0 bridgehead atoms. The number of nitrogens with zero attached hydrogens (tertiary/aromatic N) is 3. The molecule has 3 rings (SSSR count). The number of carbonyl (C=O) groups is 1. The van der Waals surface area contributed by atoms with Crippen molar-refractivity contribution in [1.82, 2.24) is 4.31 Å². The Bertz CT molecular complexity index is 1140. The number of nitro groups is 1. The minimum Gasteiger partial charge on any atom is -0.402 e. The maximum atomic E-state index is 12.3. The molecule has 0 amide bonds. The molecule has 0 fully saturated rings. The number of sulfonamides is 1. The van der Waals surface area contributed by atoms with E-state index >= 15 is 0 Å². The van der Waals surface area contributed by atoms with Gasteiger partial charge in [-0.1, -0.05) is 18.2 Å². The van der Waals surface area contributed by atoms with Crippen LogP contribution in [0.25, 0.3) is 6.08 Å². The van der Waals surface area contributed by atoms with Gasteiger partial charge in [-0.2, -0.15) is 0 Å². The summed E-state index contributed by atoms with van der Waals surface area (Å²) in [6.07, 6.45) is 1.26. The van der Waals surface area contributed by atoms with E-state index in [2.05, 4.69) is 4.99 Å². The number of hydrogen-bond acceptors (Lipinski definition) is 7. The Morgan fingerprint density at radius 2 is 1.86 bits per heavy atom. The first-order valence-electron chi connectivity index (χ1n) is 7.99. The van der Waals surface area contributed by atoms with Crippen LogP contribution in [0, 0.1) is 10.1 Å². The topological polar surface area (TPSA) is 119 Å². The molecule has 144 valence electrons. The molecule has 0 saturated carbocycles. The molecule has 0 atom stereocenters. The van der Waals surface area contributed by atoms with Crippen molar-refractivity contribution in [2.24, 2.45) is 4.99 Å². The first kappa shape index (κ1) is 19.4. The van der Waals surface area contributed by atoms with Crippen molar-refractivity contribution in [3.8, 4) is 0 Å². The van der Waals surface area contributed by atoms with Crippen molar-refractivity contribution in [2.75, 3.05) is 14.1 Å². The highest BCUT2D eigenvalue weighted by Gasteiger charge is 2.27. The van der Waals surface area contributed by atoms with E-state index in [1.165, 1.54) is 56.6 Å². The zero-order valence-electron chi connectivity index (χ0n) is 14.9. The Morgan fingerprint density at radius 1 is 1.14 bits per heavy atom. The predicted molar refractivity (Wildman–Crippen MR) is 101 cm³/mol. The van der Waals surface area contributed by atoms with Crippen LogP contribution in [-0.4, -0.2) is 43.6 Å². The molecule has 2 aromatic carbocycles. The largest absolute Gasteiger partial charge is 0.402 e. The fourth-order valence-corrected chi connectivity index (χ4v) is 3.40. The highest BCUT2D eigenvalue weighted by Crippen LogP contribution is 2.25. The average molecular weight is 401 g/mol. The number of benzene rings is 2. The van der Waals surface area contributed by atoms with Crippen LogP contribution in [0.3, 0.4) is 0 Å². The zero-order valence-corrected chi connectivity index (χ0v) is 15.7. The number of hydrogen-bond donors (Lipinski definition) is 0. The third kappa shape index (κ3) is 3.68. The van der Waals surface area contributed by atoms with Crippen LogP contribution in [0.2, 0.25) is 0 Å². The van der Waals surface area contributed by atoms with Crippen molar-refractivity contribution >= 4 is 33.7 Å². The minimum atomic E-state index is -3.67. The summed E-state index contributed by atoms with van der Waals surface area (Å²) in [7, 11) is -0.860. The van der Waals surface area contributed by atoms with E-state index in [-0.39, 0.29) is 27.7 Å². The van der Waals surface area contributed by atoms with Gasteiger partial charge in [0.05, 0.1) is 15.4 Å². The van der Waals surface area contributed by atoms with E-state index in [4.69, 9.17) is 4.74 Å². The van der Waals surface area contributed by atoms with Crippen molar-refractivity contribution in [1.29, 1.82) is 0 Å². The van der Waals surface area contributed by atoms with Crippen LogP contribution in [-0.2, 0) is 19.6 Å². The van der Waals surface area contributed by atoms with E-state index in [0.29, 0.717) is 5.56 Å². The van der Waals surface area contributed by atoms with E-state index in [9.17, 15) is 23.3 Å². The van der Waals surface area contributed by atoms with Crippen molar-refractivity contribution in [3.63, 3.8) is 0 Å². The van der Waals surface area contributed by atoms with Gasteiger partial charge >= 0.3 is 5.97 Å². The number of carbonyl (C=O) groups excluding carboxylic acids is 1. The maximum absolute atomic E-state index is 12.3. The lowest BCUT2D eigenvalue weighted by molar-refractivity contribution is -0.385. The second kappa shape index (κ2) is 7.33. The minimum absolute atomic E-state index is 0.0184. The van der Waals surface area contributed by atoms with Crippen LogP contribution < -0.4 is 0 Å². The van der Waals surface area contributed by atoms with Gasteiger partial charge in [-0.3, -0.25) is 10.1 Å². The SMILES string of the molecule is CN(C)S(=O)(=O)c1cccc(C2=N/C(=C\c3ccccc3[N+](=O)[O-])C(=O)O2)c1. The third-order valence-corrected chi connectivity index (χ3v) is 5.72. The monoisotopic (exact) mass is 401 g/mol. The standard InChI is InChI=1S/C18H15N3O6S/c1-20(2)28(25,26)14-8-5-7-13(10-14)17-19-15(18(22)27-17)11-12-6-3-4-9-16(12)21(23)24/h3-11H,1-2H3/b15-11-. The predicted octanol–water partition coefficient (Wildman–Crippen LogP) is 2.19. The second-order valence-corrected chi connectivity index (χ2v) is 8.12. The Kier molecular flexibility index (Phi) is 5.08. The number of para-hydroxylation sites is 1. The van der Waals surface area contributed by atoms with Gasteiger partial charge in [-0.05, 0) is 30.3 Å². The Balaban J connectivity index is 2.01. The fraction of sp³-hybridized carbons (Fsp3) is 0.111. The lowest BCUT2D eigenvalue weighted by Gasteiger charge is -2.11. The number of ether oxygens (including phenoxy) is 1. The van der Waals surface area contributed by atoms with E-state index in [0.717, 1.165) is 4.31 Å². The van der Waals surface area contributed by atoms with Gasteiger partial charge < -0.3 is 4.74 Å². The van der Waals surface area contributed by atoms with Crippen molar-refractivity contribution in [3.05, 3.63) is 75.5 Å². The van der Waals surface area contributed by atoms with E-state index < -0.39 is 20.9 Å². The zero-order chi connectivity index (χ0) is 20.5. The van der Waals surface area contributed by atoms with Crippen molar-refractivity contribution in [2.45, 2.75) is 4.90 Å². The van der Waals surface area contributed by atoms with Gasteiger partial charge in [-0.15, -0.1) is 0 Å². The molecule has 0 spiro atoms. The number of cyclic esters (lactones) is 1. The summed E-state index contributed by atoms with van der Waals surface area (Å²) in [6, 6.07) is 11.7. The average Bonchev–Trinajstić information content (AvgIpc) is 3.02. The van der Waals surface area contributed by atoms with Gasteiger partial charge in [0.25, 0.3) is 5.69 Å². The highest BCUT2D eigenvalue weighted by atomic mass is 32.2. The molecule has 1 aliphatic heterocycles. The Morgan fingerprint density at radius 3 is 2.54 bits per heavy atom. The lowest BCUT2D eigenvalue weighted by Crippen LogP contribution is -2.22. The molecule has 0 aliphatic carbocycles. The van der Waals surface area contributed by atoms with E-state index in [1.54, 1.807) is 12.1 Å². The first-order valence-corrected chi connectivity index (χ1v) is 9.43. The molecular formula is C18H15N3O6S. The molecule has 0 radical (unpaired) electrons. The van der Waals surface area contributed by atoms with Crippen LogP contribution in [0.5, 0.6) is 0 Å². The number of aliphatic imine (C=N–C) groups is 1. The quantitative estimate of drug-likeness (QED) is 0.328. The van der Waals surface area contributed by atoms with Crippen molar-refractivity contribution < 1.29 is 22.9 Å². The lowest BCUT2D eigenvalue weighted by atomic mass is 10.1. The van der Waals surface area contributed by atoms with Crippen LogP contribution in [0.1, 0.15) is 11.1 Å². The van der Waals surface area contributed by atoms with Gasteiger partial charge in [0.1, 0.15) is 0 Å². The number of esters is 1. The molecular weight excluding hydrogens is 386 g/mol. The molecule has 1 aliphatic rings. The molecule has 0 saturated heterocycles. The summed E-state index contributed by atoms with van der Waals surface area (Å²) < 4.78 is 30.7. The van der Waals surface area contributed by atoms with Gasteiger partial charge in [0.2, 0.25) is 15.9 Å². The molecule has 9 nitrogen and oxygen atoms in total. The maximum Gasteiger partial charge on any atom is 0.363 e. The molecule has 2 aromatic rings. The molecule has 1 heterocycles. The number of rotatable bonds is 5. The smallest absolute Gasteiger partial charge is 0.363 e. The summed E-state index contributed by atoms with van der Waals surface area (Å²) in [5, 5.41) is 11.1. The van der Waals surface area contributed by atoms with Gasteiger partial charge in [0.15, 0.2) is 5.70 Å². The fourth-order valence-electron chi connectivity index (χ4n) is 2.46. The summed E-state index contributed by atoms with van der Waals surface area (Å²) in [5.74, 6) is -0.861. The second-order valence-electron chi connectivity index (χ2n) is 5.97. The molecule has 28 heavy (non-hydrogen) atoms. The summed E-state index contributed by atoms with van der Waals surface area (Å²) >= 11 is 0. The van der Waals surface area contributed by atoms with Gasteiger partial charge in [-0.25, -0.2) is 22.5 Å². The molecule has 10 heteroatoms. The van der Waals surface area contributed by atoms with Crippen LogP contribution in [0.4, 0.5) is 5.69 Å². The van der Waals surface area contributed by atoms with Crippen LogP contribution >= 0.6 is 0 Å².